The van der Waals surface area contributed by atoms with Crippen LogP contribution < -0.4 is 14.8 Å². The number of rotatable bonds is 8. The molecule has 8 heteroatoms. The van der Waals surface area contributed by atoms with Crippen LogP contribution in [-0.4, -0.2) is 32.2 Å². The number of thiophene rings is 1. The number of hydrogen-bond acceptors (Lipinski definition) is 6. The van der Waals surface area contributed by atoms with E-state index in [0.717, 1.165) is 4.88 Å². The van der Waals surface area contributed by atoms with E-state index in [2.05, 4.69) is 21.2 Å². The molecule has 2 rings (SSSR count). The Kier molecular flexibility index (Phi) is 7.47. The molecule has 1 aromatic carbocycles. The largest absolute Gasteiger partial charge is 0.493 e. The van der Waals surface area contributed by atoms with Crippen LogP contribution >= 0.6 is 27.3 Å². The van der Waals surface area contributed by atoms with Gasteiger partial charge in [0.2, 0.25) is 0 Å². The fraction of sp³-hybridized carbons (Fsp3) is 0.333. The van der Waals surface area contributed by atoms with Crippen LogP contribution in [0.4, 0.5) is 0 Å². The molecule has 1 unspecified atom stereocenters. The number of benzene rings is 1. The summed E-state index contributed by atoms with van der Waals surface area (Å²) in [6.07, 6.45) is -0.870. The molecule has 1 amide bonds. The molecule has 1 heterocycles. The van der Waals surface area contributed by atoms with Crippen molar-refractivity contribution in [2.45, 2.75) is 26.0 Å². The van der Waals surface area contributed by atoms with Gasteiger partial charge in [-0.15, -0.1) is 11.3 Å². The van der Waals surface area contributed by atoms with Crippen LogP contribution in [0.5, 0.6) is 11.5 Å². The molecule has 0 bridgehead atoms. The van der Waals surface area contributed by atoms with E-state index in [1.807, 2.05) is 17.5 Å². The topological polar surface area (TPSA) is 73.9 Å². The Balaban J connectivity index is 1.92. The maximum absolute atomic E-state index is 12.2. The van der Waals surface area contributed by atoms with Gasteiger partial charge in [-0.05, 0) is 36.1 Å². The zero-order valence-electron chi connectivity index (χ0n) is 14.7. The first-order chi connectivity index (χ1) is 12.4. The third-order valence-electron chi connectivity index (χ3n) is 3.58. The third kappa shape index (κ3) is 5.47. The lowest BCUT2D eigenvalue weighted by Gasteiger charge is -2.15. The molecule has 1 aromatic heterocycles. The van der Waals surface area contributed by atoms with Crippen LogP contribution in [0.15, 0.2) is 34.1 Å². The predicted molar refractivity (Wildman–Crippen MR) is 103 cm³/mol. The molecule has 0 radical (unpaired) electrons. The minimum atomic E-state index is -0.874. The Morgan fingerprint density at radius 1 is 1.23 bits per heavy atom. The predicted octanol–water partition coefficient (Wildman–Crippen LogP) is 3.32. The molecular weight excluding hydrogens is 422 g/mol. The Hall–Kier alpha value is -2.06. The third-order valence-corrected chi connectivity index (χ3v) is 5.20. The van der Waals surface area contributed by atoms with Crippen molar-refractivity contribution < 1.29 is 23.8 Å². The second-order valence-electron chi connectivity index (χ2n) is 5.40. The fourth-order valence-electron chi connectivity index (χ4n) is 2.21. The van der Waals surface area contributed by atoms with Crippen molar-refractivity contribution in [3.8, 4) is 11.5 Å². The van der Waals surface area contributed by atoms with Gasteiger partial charge in [-0.25, -0.2) is 0 Å². The summed E-state index contributed by atoms with van der Waals surface area (Å²) in [5.74, 6) is 0.230. The van der Waals surface area contributed by atoms with Gasteiger partial charge < -0.3 is 19.5 Å². The van der Waals surface area contributed by atoms with E-state index in [1.165, 1.54) is 14.2 Å². The number of amides is 1. The van der Waals surface area contributed by atoms with E-state index < -0.39 is 12.1 Å². The van der Waals surface area contributed by atoms with Gasteiger partial charge in [-0.3, -0.25) is 9.59 Å². The van der Waals surface area contributed by atoms with E-state index in [9.17, 15) is 9.59 Å². The van der Waals surface area contributed by atoms with Crippen molar-refractivity contribution in [2.24, 2.45) is 0 Å². The lowest BCUT2D eigenvalue weighted by atomic mass is 10.1. The van der Waals surface area contributed by atoms with Gasteiger partial charge in [-0.1, -0.05) is 22.0 Å². The Morgan fingerprint density at radius 3 is 2.54 bits per heavy atom. The minimum absolute atomic E-state index is 0.00345. The van der Waals surface area contributed by atoms with Gasteiger partial charge in [-0.2, -0.15) is 0 Å². The Labute approximate surface area is 164 Å². The van der Waals surface area contributed by atoms with Crippen LogP contribution in [-0.2, 0) is 27.3 Å². The number of nitrogens with one attached hydrogen (secondary N) is 1. The van der Waals surface area contributed by atoms with Crippen LogP contribution in [0.1, 0.15) is 17.4 Å². The van der Waals surface area contributed by atoms with Gasteiger partial charge in [0.25, 0.3) is 5.91 Å². The maximum Gasteiger partial charge on any atom is 0.311 e. The second kappa shape index (κ2) is 9.59. The molecule has 0 aliphatic heterocycles. The normalized spacial score (nSPS) is 11.5. The van der Waals surface area contributed by atoms with Crippen molar-refractivity contribution in [2.75, 3.05) is 14.2 Å². The highest BCUT2D eigenvalue weighted by molar-refractivity contribution is 9.10. The van der Waals surface area contributed by atoms with Gasteiger partial charge in [0.1, 0.15) is 0 Å². The first kappa shape index (κ1) is 20.3. The highest BCUT2D eigenvalue weighted by atomic mass is 79.9. The SMILES string of the molecule is COc1cc(Br)c(CC(=O)OC(C)C(=O)NCc2cccs2)cc1OC. The van der Waals surface area contributed by atoms with Crippen LogP contribution in [0.3, 0.4) is 0 Å². The average Bonchev–Trinajstić information content (AvgIpc) is 3.14. The zero-order valence-corrected chi connectivity index (χ0v) is 17.1. The zero-order chi connectivity index (χ0) is 19.1. The molecule has 6 nitrogen and oxygen atoms in total. The van der Waals surface area contributed by atoms with E-state index in [0.29, 0.717) is 28.1 Å². The molecule has 0 aliphatic carbocycles. The van der Waals surface area contributed by atoms with Crippen molar-refractivity contribution >= 4 is 39.1 Å². The van der Waals surface area contributed by atoms with E-state index in [-0.39, 0.29) is 12.3 Å². The molecule has 0 saturated carbocycles. The lowest BCUT2D eigenvalue weighted by Crippen LogP contribution is -2.35. The summed E-state index contributed by atoms with van der Waals surface area (Å²) in [4.78, 5) is 25.3. The quantitative estimate of drug-likeness (QED) is 0.635. The van der Waals surface area contributed by atoms with Crippen molar-refractivity contribution in [3.05, 3.63) is 44.6 Å². The smallest absolute Gasteiger partial charge is 0.311 e. The number of carbonyl (C=O) groups excluding carboxylic acids is 2. The summed E-state index contributed by atoms with van der Waals surface area (Å²) in [6.45, 7) is 1.96. The van der Waals surface area contributed by atoms with Gasteiger partial charge in [0.15, 0.2) is 17.6 Å². The summed E-state index contributed by atoms with van der Waals surface area (Å²) in [5.41, 5.74) is 0.679. The lowest BCUT2D eigenvalue weighted by molar-refractivity contribution is -0.154. The fourth-order valence-corrected chi connectivity index (χ4v) is 3.32. The molecule has 1 atom stereocenters. The van der Waals surface area contributed by atoms with Crippen molar-refractivity contribution in [1.29, 1.82) is 0 Å². The van der Waals surface area contributed by atoms with Crippen LogP contribution in [0.2, 0.25) is 0 Å². The van der Waals surface area contributed by atoms with Gasteiger partial charge in [0.05, 0.1) is 27.2 Å². The number of carbonyl (C=O) groups is 2. The molecule has 2 aromatic rings. The second-order valence-corrected chi connectivity index (χ2v) is 7.29. The van der Waals surface area contributed by atoms with Crippen LogP contribution in [0, 0.1) is 0 Å². The van der Waals surface area contributed by atoms with Crippen molar-refractivity contribution in [3.63, 3.8) is 0 Å². The van der Waals surface area contributed by atoms with Crippen LogP contribution in [0.25, 0.3) is 0 Å². The summed E-state index contributed by atoms with van der Waals surface area (Å²) in [5, 5.41) is 4.68. The van der Waals surface area contributed by atoms with Crippen molar-refractivity contribution in [1.82, 2.24) is 5.32 Å². The van der Waals surface area contributed by atoms with E-state index in [1.54, 1.807) is 30.4 Å². The number of ether oxygens (including phenoxy) is 3. The van der Waals surface area contributed by atoms with E-state index in [4.69, 9.17) is 14.2 Å². The summed E-state index contributed by atoms with van der Waals surface area (Å²) in [7, 11) is 3.06. The Morgan fingerprint density at radius 2 is 1.92 bits per heavy atom. The van der Waals surface area contributed by atoms with Gasteiger partial charge >= 0.3 is 5.97 Å². The van der Waals surface area contributed by atoms with E-state index >= 15 is 0 Å². The number of halogens is 1. The number of methoxy groups -OCH3 is 2. The maximum atomic E-state index is 12.2. The first-order valence-corrected chi connectivity index (χ1v) is 9.51. The summed E-state index contributed by atoms with van der Waals surface area (Å²) >= 11 is 4.95. The number of esters is 1. The molecule has 0 aliphatic rings. The molecule has 1 N–H and O–H groups in total. The summed E-state index contributed by atoms with van der Waals surface area (Å²) < 4.78 is 16.4. The molecule has 26 heavy (non-hydrogen) atoms. The van der Waals surface area contributed by atoms with Gasteiger partial charge in [0, 0.05) is 9.35 Å². The standard InChI is InChI=1S/C18H20BrNO5S/c1-11(18(22)20-10-13-5-4-6-26-13)25-17(21)8-12-7-15(23-2)16(24-3)9-14(12)19/h4-7,9,11H,8,10H2,1-3H3,(H,20,22). The molecule has 0 fully saturated rings. The highest BCUT2D eigenvalue weighted by Crippen LogP contribution is 2.33. The average molecular weight is 442 g/mol. The molecule has 0 spiro atoms. The molecule has 140 valence electrons. The highest BCUT2D eigenvalue weighted by Gasteiger charge is 2.19. The molecule has 0 saturated heterocycles. The minimum Gasteiger partial charge on any atom is -0.493 e. The first-order valence-electron chi connectivity index (χ1n) is 7.84. The molecular formula is C18H20BrNO5S. The monoisotopic (exact) mass is 441 g/mol. The number of hydrogen-bond donors (Lipinski definition) is 1. The Bertz CT molecular complexity index is 763. The summed E-state index contributed by atoms with van der Waals surface area (Å²) in [6, 6.07) is 7.26.